The van der Waals surface area contributed by atoms with Gasteiger partial charge in [-0.2, -0.15) is 0 Å². The molecule has 0 aliphatic heterocycles. The number of carbonyl (C=O) groups is 1. The molecule has 3 unspecified atom stereocenters. The van der Waals surface area contributed by atoms with E-state index in [4.69, 9.17) is 9.84 Å². The third-order valence-electron chi connectivity index (χ3n) is 3.60. The summed E-state index contributed by atoms with van der Waals surface area (Å²) < 4.78 is 5.17. The number of rotatable bonds is 3. The van der Waals surface area contributed by atoms with Crippen LogP contribution in [0.4, 0.5) is 0 Å². The van der Waals surface area contributed by atoms with Crippen LogP contribution in [-0.2, 0) is 4.74 Å². The molecule has 1 aliphatic rings. The summed E-state index contributed by atoms with van der Waals surface area (Å²) >= 11 is 0. The molecule has 110 valence electrons. The second-order valence-electron chi connectivity index (χ2n) is 4.96. The minimum atomic E-state index is -1.45. The topological polar surface area (TPSA) is 107 Å². The third kappa shape index (κ3) is 2.99. The fourth-order valence-corrected chi connectivity index (χ4v) is 2.36. The predicted molar refractivity (Wildman–Crippen MR) is 68.9 cm³/mol. The number of esters is 1. The van der Waals surface area contributed by atoms with Crippen LogP contribution in [0.3, 0.4) is 0 Å². The predicted octanol–water partition coefficient (Wildman–Crippen LogP) is -0.693. The second-order valence-corrected chi connectivity index (χ2v) is 4.96. The van der Waals surface area contributed by atoms with Crippen molar-refractivity contribution in [2.45, 2.75) is 30.8 Å². The van der Waals surface area contributed by atoms with Crippen molar-refractivity contribution < 1.29 is 30.0 Å². The van der Waals surface area contributed by atoms with Crippen LogP contribution in [0.25, 0.3) is 0 Å². The van der Waals surface area contributed by atoms with Crippen LogP contribution in [0.15, 0.2) is 30.3 Å². The van der Waals surface area contributed by atoms with Crippen LogP contribution in [0.2, 0.25) is 0 Å². The van der Waals surface area contributed by atoms with Gasteiger partial charge < -0.3 is 25.2 Å². The first-order valence-corrected chi connectivity index (χ1v) is 6.45. The Kier molecular flexibility index (Phi) is 4.72. The van der Waals surface area contributed by atoms with Gasteiger partial charge >= 0.3 is 5.97 Å². The van der Waals surface area contributed by atoms with E-state index in [-0.39, 0.29) is 13.0 Å². The Bertz CT molecular complexity index is 446. The summed E-state index contributed by atoms with van der Waals surface area (Å²) in [6, 6.07) is 8.28. The summed E-state index contributed by atoms with van der Waals surface area (Å²) in [6.07, 6.45) is -4.93. The maximum absolute atomic E-state index is 11.9. The Morgan fingerprint density at radius 3 is 2.35 bits per heavy atom. The molecule has 1 aromatic carbocycles. The fraction of sp³-hybridized carbons (Fsp3) is 0.500. The summed E-state index contributed by atoms with van der Waals surface area (Å²) in [4.78, 5) is 11.9. The monoisotopic (exact) mass is 282 g/mol. The number of aliphatic hydroxyl groups excluding tert-OH is 4. The standard InChI is InChI=1S/C14H18O6/c15-7-9-6-10(12(17)13(18)11(9)16)20-14(19)8-4-2-1-3-5-8/h1-5,9-13,15-18H,6-7H2/t9?,10-,11?,12+,13?/m1/s1. The van der Waals surface area contributed by atoms with Gasteiger partial charge in [0.25, 0.3) is 0 Å². The molecule has 0 saturated heterocycles. The maximum atomic E-state index is 11.9. The molecule has 5 atom stereocenters. The summed E-state index contributed by atoms with van der Waals surface area (Å²) in [6.45, 7) is -0.357. The average molecular weight is 282 g/mol. The molecule has 0 aromatic heterocycles. The van der Waals surface area contributed by atoms with E-state index >= 15 is 0 Å². The summed E-state index contributed by atoms with van der Waals surface area (Å²) in [5.74, 6) is -1.25. The molecule has 1 fully saturated rings. The number of hydrogen-bond acceptors (Lipinski definition) is 6. The van der Waals surface area contributed by atoms with E-state index in [0.717, 1.165) is 0 Å². The number of benzene rings is 1. The Hall–Kier alpha value is -1.47. The van der Waals surface area contributed by atoms with Crippen molar-refractivity contribution in [3.8, 4) is 0 Å². The molecule has 1 saturated carbocycles. The second kappa shape index (κ2) is 6.32. The van der Waals surface area contributed by atoms with Gasteiger partial charge in [0.1, 0.15) is 18.3 Å². The first-order chi connectivity index (χ1) is 9.54. The quantitative estimate of drug-likeness (QED) is 0.547. The van der Waals surface area contributed by atoms with Crippen LogP contribution in [-0.4, -0.2) is 57.4 Å². The van der Waals surface area contributed by atoms with Crippen molar-refractivity contribution in [3.05, 3.63) is 35.9 Å². The molecule has 0 spiro atoms. The molecule has 1 aliphatic carbocycles. The Morgan fingerprint density at radius 1 is 1.10 bits per heavy atom. The average Bonchev–Trinajstić information content (AvgIpc) is 2.48. The molecule has 1 aromatic rings. The van der Waals surface area contributed by atoms with Crippen molar-refractivity contribution in [1.29, 1.82) is 0 Å². The minimum Gasteiger partial charge on any atom is -0.456 e. The smallest absolute Gasteiger partial charge is 0.338 e. The zero-order chi connectivity index (χ0) is 14.7. The van der Waals surface area contributed by atoms with Crippen molar-refractivity contribution in [2.24, 2.45) is 5.92 Å². The highest BCUT2D eigenvalue weighted by molar-refractivity contribution is 5.89. The lowest BCUT2D eigenvalue weighted by Gasteiger charge is -2.39. The van der Waals surface area contributed by atoms with Gasteiger partial charge in [-0.3, -0.25) is 0 Å². The van der Waals surface area contributed by atoms with Gasteiger partial charge in [0, 0.05) is 12.5 Å². The molecular weight excluding hydrogens is 264 g/mol. The SMILES string of the molecule is O=C(O[C@@H]1CC(CO)C(O)C(O)[C@H]1O)c1ccccc1. The highest BCUT2D eigenvalue weighted by atomic mass is 16.6. The highest BCUT2D eigenvalue weighted by Gasteiger charge is 2.44. The first-order valence-electron chi connectivity index (χ1n) is 6.45. The van der Waals surface area contributed by atoms with Gasteiger partial charge in [-0.05, 0) is 18.6 Å². The third-order valence-corrected chi connectivity index (χ3v) is 3.60. The first kappa shape index (κ1) is 14.9. The van der Waals surface area contributed by atoms with Gasteiger partial charge in [-0.25, -0.2) is 4.79 Å². The lowest BCUT2D eigenvalue weighted by Crippen LogP contribution is -2.55. The Balaban J connectivity index is 2.06. The van der Waals surface area contributed by atoms with Gasteiger partial charge in [0.15, 0.2) is 0 Å². The van der Waals surface area contributed by atoms with Crippen LogP contribution >= 0.6 is 0 Å². The number of hydrogen-bond donors (Lipinski definition) is 4. The summed E-state index contributed by atoms with van der Waals surface area (Å²) in [7, 11) is 0. The lowest BCUT2D eigenvalue weighted by molar-refractivity contribution is -0.164. The van der Waals surface area contributed by atoms with Gasteiger partial charge in [0.05, 0.1) is 11.7 Å². The van der Waals surface area contributed by atoms with Crippen molar-refractivity contribution in [1.82, 2.24) is 0 Å². The van der Waals surface area contributed by atoms with Crippen LogP contribution in [0, 0.1) is 5.92 Å². The van der Waals surface area contributed by atoms with Crippen LogP contribution in [0.5, 0.6) is 0 Å². The molecule has 0 bridgehead atoms. The van der Waals surface area contributed by atoms with Crippen molar-refractivity contribution in [2.75, 3.05) is 6.61 Å². The van der Waals surface area contributed by atoms with E-state index in [2.05, 4.69) is 0 Å². The molecule has 20 heavy (non-hydrogen) atoms. The van der Waals surface area contributed by atoms with E-state index in [1.807, 2.05) is 0 Å². The largest absolute Gasteiger partial charge is 0.456 e. The van der Waals surface area contributed by atoms with E-state index in [1.165, 1.54) is 0 Å². The van der Waals surface area contributed by atoms with Crippen molar-refractivity contribution in [3.63, 3.8) is 0 Å². The normalized spacial score (nSPS) is 33.7. The number of ether oxygens (including phenoxy) is 1. The molecule has 0 amide bonds. The van der Waals surface area contributed by atoms with Crippen LogP contribution in [0.1, 0.15) is 16.8 Å². The summed E-state index contributed by atoms with van der Waals surface area (Å²) in [5.41, 5.74) is 0.334. The zero-order valence-corrected chi connectivity index (χ0v) is 10.8. The fourth-order valence-electron chi connectivity index (χ4n) is 2.36. The molecule has 0 radical (unpaired) electrons. The van der Waals surface area contributed by atoms with Gasteiger partial charge in [-0.1, -0.05) is 18.2 Å². The molecule has 0 heterocycles. The van der Waals surface area contributed by atoms with Crippen molar-refractivity contribution >= 4 is 5.97 Å². The molecule has 6 nitrogen and oxygen atoms in total. The minimum absolute atomic E-state index is 0.0917. The Labute approximate surface area is 116 Å². The lowest BCUT2D eigenvalue weighted by atomic mass is 9.81. The number of carbonyl (C=O) groups excluding carboxylic acids is 1. The summed E-state index contributed by atoms with van der Waals surface area (Å²) in [5, 5.41) is 38.4. The maximum Gasteiger partial charge on any atom is 0.338 e. The molecular formula is C14H18O6. The Morgan fingerprint density at radius 2 is 1.75 bits per heavy atom. The van der Waals surface area contributed by atoms with E-state index in [1.54, 1.807) is 30.3 Å². The van der Waals surface area contributed by atoms with Gasteiger partial charge in [-0.15, -0.1) is 0 Å². The highest BCUT2D eigenvalue weighted by Crippen LogP contribution is 2.28. The molecule has 2 rings (SSSR count). The molecule has 4 N–H and O–H groups in total. The van der Waals surface area contributed by atoms with E-state index < -0.39 is 36.3 Å². The van der Waals surface area contributed by atoms with E-state index in [0.29, 0.717) is 5.56 Å². The molecule has 6 heteroatoms. The number of aliphatic hydroxyl groups is 4. The van der Waals surface area contributed by atoms with Gasteiger partial charge in [0.2, 0.25) is 0 Å². The zero-order valence-electron chi connectivity index (χ0n) is 10.8. The van der Waals surface area contributed by atoms with Crippen LogP contribution < -0.4 is 0 Å². The van der Waals surface area contributed by atoms with E-state index in [9.17, 15) is 20.1 Å².